The third-order valence-corrected chi connectivity index (χ3v) is 5.19. The van der Waals surface area contributed by atoms with Crippen LogP contribution in [0.15, 0.2) is 71.8 Å². The molecule has 0 aromatic rings. The summed E-state index contributed by atoms with van der Waals surface area (Å²) in [5.41, 5.74) is 1.90. The number of hydrogen-bond acceptors (Lipinski definition) is 4. The molecule has 2 rings (SSSR count). The van der Waals surface area contributed by atoms with E-state index in [2.05, 4.69) is 29.5 Å². The summed E-state index contributed by atoms with van der Waals surface area (Å²) in [6.45, 7) is 1.38. The van der Waals surface area contributed by atoms with Crippen molar-refractivity contribution >= 4 is 5.78 Å². The highest BCUT2D eigenvalue weighted by atomic mass is 16.3. The highest BCUT2D eigenvalue weighted by molar-refractivity contribution is 6.04. The molecule has 4 heteroatoms. The van der Waals surface area contributed by atoms with Gasteiger partial charge in [0.1, 0.15) is 0 Å². The Labute approximate surface area is 175 Å². The molecule has 0 saturated heterocycles. The van der Waals surface area contributed by atoms with Crippen molar-refractivity contribution in [3.63, 3.8) is 0 Å². The first-order chi connectivity index (χ1) is 14.2. The third-order valence-electron chi connectivity index (χ3n) is 5.19. The SMILES string of the molecule is O=C1C=C/C(=C/C=C2C=CN(CCCCCCCCCCCCO)C=C2)C=C1O. The van der Waals surface area contributed by atoms with Crippen LogP contribution < -0.4 is 0 Å². The van der Waals surface area contributed by atoms with Crippen LogP contribution >= 0.6 is 0 Å². The molecule has 0 radical (unpaired) electrons. The second kappa shape index (κ2) is 13.8. The number of rotatable bonds is 13. The highest BCUT2D eigenvalue weighted by Gasteiger charge is 2.08. The average molecular weight is 398 g/mol. The lowest BCUT2D eigenvalue weighted by Gasteiger charge is -2.18. The molecule has 0 saturated carbocycles. The quantitative estimate of drug-likeness (QED) is 0.394. The molecule has 0 unspecified atom stereocenters. The number of carbonyl (C=O) groups excluding carboxylic acids is 1. The van der Waals surface area contributed by atoms with Crippen molar-refractivity contribution in [2.24, 2.45) is 0 Å². The molecule has 0 bridgehead atoms. The maximum atomic E-state index is 11.2. The second-order valence-electron chi connectivity index (χ2n) is 7.69. The number of unbranched alkanes of at least 4 members (excludes halogenated alkanes) is 9. The number of allylic oxidation sites excluding steroid dienone is 9. The van der Waals surface area contributed by atoms with Crippen molar-refractivity contribution in [1.82, 2.24) is 4.90 Å². The topological polar surface area (TPSA) is 60.8 Å². The molecule has 2 aliphatic rings. The van der Waals surface area contributed by atoms with Crippen molar-refractivity contribution in [2.45, 2.75) is 64.2 Å². The predicted octanol–water partition coefficient (Wildman–Crippen LogP) is 5.66. The summed E-state index contributed by atoms with van der Waals surface area (Å²) in [7, 11) is 0. The Morgan fingerprint density at radius 1 is 0.724 bits per heavy atom. The van der Waals surface area contributed by atoms with Gasteiger partial charge in [0.25, 0.3) is 0 Å². The van der Waals surface area contributed by atoms with Crippen LogP contribution in [0, 0.1) is 0 Å². The van der Waals surface area contributed by atoms with E-state index in [1.165, 1.54) is 69.9 Å². The standard InChI is InChI=1S/C25H35NO3/c27-20-10-8-6-4-2-1-3-5-7-9-17-26-18-15-22(16-19-26)11-12-23-13-14-24(28)25(29)21-23/h11-16,18-19,21,27,29H,1-10,17,20H2/b23-12-. The van der Waals surface area contributed by atoms with Gasteiger partial charge in [-0.1, -0.05) is 69.6 Å². The minimum atomic E-state index is -0.350. The van der Waals surface area contributed by atoms with Crippen molar-refractivity contribution < 1.29 is 15.0 Å². The van der Waals surface area contributed by atoms with E-state index in [1.807, 2.05) is 12.2 Å². The van der Waals surface area contributed by atoms with Gasteiger partial charge in [-0.15, -0.1) is 0 Å². The Kier molecular flexibility index (Phi) is 10.9. The van der Waals surface area contributed by atoms with E-state index in [-0.39, 0.29) is 11.5 Å². The van der Waals surface area contributed by atoms with Gasteiger partial charge in [0.2, 0.25) is 5.78 Å². The van der Waals surface area contributed by atoms with Crippen LogP contribution in [0.1, 0.15) is 64.2 Å². The molecule has 0 spiro atoms. The largest absolute Gasteiger partial charge is 0.504 e. The molecule has 2 N–H and O–H groups in total. The fourth-order valence-electron chi connectivity index (χ4n) is 3.38. The molecule has 4 nitrogen and oxygen atoms in total. The molecule has 1 heterocycles. The number of carbonyl (C=O) groups is 1. The lowest BCUT2D eigenvalue weighted by atomic mass is 10.1. The minimum absolute atomic E-state index is 0.212. The molecular weight excluding hydrogens is 362 g/mol. The zero-order valence-corrected chi connectivity index (χ0v) is 17.4. The van der Waals surface area contributed by atoms with E-state index < -0.39 is 0 Å². The van der Waals surface area contributed by atoms with E-state index in [0.29, 0.717) is 6.61 Å². The van der Waals surface area contributed by atoms with E-state index in [1.54, 1.807) is 6.08 Å². The number of nitrogens with zero attached hydrogens (tertiary/aromatic N) is 1. The molecule has 1 aliphatic carbocycles. The van der Waals surface area contributed by atoms with Crippen LogP contribution in [0.25, 0.3) is 0 Å². The van der Waals surface area contributed by atoms with Crippen LogP contribution in [0.2, 0.25) is 0 Å². The van der Waals surface area contributed by atoms with E-state index in [0.717, 1.165) is 24.1 Å². The maximum absolute atomic E-state index is 11.2. The first kappa shape index (κ1) is 23.0. The predicted molar refractivity (Wildman–Crippen MR) is 119 cm³/mol. The number of hydrogen-bond donors (Lipinski definition) is 2. The van der Waals surface area contributed by atoms with Crippen LogP contribution in [0.3, 0.4) is 0 Å². The van der Waals surface area contributed by atoms with Gasteiger partial charge >= 0.3 is 0 Å². The van der Waals surface area contributed by atoms with Gasteiger partial charge in [0, 0.05) is 25.6 Å². The zero-order valence-electron chi connectivity index (χ0n) is 17.4. The fourth-order valence-corrected chi connectivity index (χ4v) is 3.38. The summed E-state index contributed by atoms with van der Waals surface area (Å²) in [6.07, 6.45) is 29.3. The number of aliphatic hydroxyl groups is 2. The van der Waals surface area contributed by atoms with Crippen molar-refractivity contribution in [1.29, 1.82) is 0 Å². The van der Waals surface area contributed by atoms with Crippen LogP contribution in [0.4, 0.5) is 0 Å². The molecule has 1 aliphatic heterocycles. The van der Waals surface area contributed by atoms with Crippen LogP contribution in [-0.4, -0.2) is 34.0 Å². The van der Waals surface area contributed by atoms with E-state index >= 15 is 0 Å². The first-order valence-electron chi connectivity index (χ1n) is 11.0. The molecule has 0 atom stereocenters. The van der Waals surface area contributed by atoms with Gasteiger partial charge in [-0.2, -0.15) is 0 Å². The lowest BCUT2D eigenvalue weighted by Crippen LogP contribution is -2.13. The summed E-state index contributed by atoms with van der Waals surface area (Å²) in [4.78, 5) is 13.4. The summed E-state index contributed by atoms with van der Waals surface area (Å²) in [5.74, 6) is -0.562. The number of ketones is 1. The Morgan fingerprint density at radius 3 is 1.86 bits per heavy atom. The molecule has 0 amide bonds. The Morgan fingerprint density at radius 2 is 1.28 bits per heavy atom. The average Bonchev–Trinajstić information content (AvgIpc) is 2.74. The molecule has 0 aromatic carbocycles. The Balaban J connectivity index is 1.55. The summed E-state index contributed by atoms with van der Waals surface area (Å²) in [6, 6.07) is 0. The van der Waals surface area contributed by atoms with Crippen molar-refractivity contribution in [3.05, 3.63) is 71.8 Å². The van der Waals surface area contributed by atoms with Crippen LogP contribution in [-0.2, 0) is 4.79 Å². The summed E-state index contributed by atoms with van der Waals surface area (Å²) in [5, 5.41) is 18.2. The first-order valence-corrected chi connectivity index (χ1v) is 11.0. The highest BCUT2D eigenvalue weighted by Crippen LogP contribution is 2.15. The van der Waals surface area contributed by atoms with Gasteiger partial charge in [0.15, 0.2) is 5.76 Å². The van der Waals surface area contributed by atoms with E-state index in [4.69, 9.17) is 5.11 Å². The van der Waals surface area contributed by atoms with Crippen molar-refractivity contribution in [3.8, 4) is 0 Å². The summed E-state index contributed by atoms with van der Waals surface area (Å²) >= 11 is 0. The normalized spacial score (nSPS) is 17.3. The van der Waals surface area contributed by atoms with Gasteiger partial charge in [0.05, 0.1) is 0 Å². The Hall–Kier alpha value is -2.33. The van der Waals surface area contributed by atoms with Crippen LogP contribution in [0.5, 0.6) is 0 Å². The molecule has 29 heavy (non-hydrogen) atoms. The maximum Gasteiger partial charge on any atom is 0.220 e. The second-order valence-corrected chi connectivity index (χ2v) is 7.69. The lowest BCUT2D eigenvalue weighted by molar-refractivity contribution is -0.113. The molecule has 0 fully saturated rings. The smallest absolute Gasteiger partial charge is 0.220 e. The minimum Gasteiger partial charge on any atom is -0.504 e. The Bertz CT molecular complexity index is 679. The zero-order chi connectivity index (χ0) is 20.7. The number of aliphatic hydroxyl groups excluding tert-OH is 2. The van der Waals surface area contributed by atoms with Gasteiger partial charge in [-0.3, -0.25) is 4.79 Å². The van der Waals surface area contributed by atoms with Gasteiger partial charge in [-0.25, -0.2) is 0 Å². The third kappa shape index (κ3) is 9.62. The van der Waals surface area contributed by atoms with Gasteiger partial charge < -0.3 is 15.1 Å². The van der Waals surface area contributed by atoms with E-state index in [9.17, 15) is 9.90 Å². The molecular formula is C25H35NO3. The van der Waals surface area contributed by atoms with Gasteiger partial charge in [-0.05, 0) is 48.3 Å². The van der Waals surface area contributed by atoms with Crippen molar-refractivity contribution in [2.75, 3.05) is 13.2 Å². The molecule has 158 valence electrons. The monoisotopic (exact) mass is 397 g/mol. The fraction of sp³-hybridized carbons (Fsp3) is 0.480. The molecule has 0 aromatic heterocycles. The summed E-state index contributed by atoms with van der Waals surface area (Å²) < 4.78 is 0.